The predicted octanol–water partition coefficient (Wildman–Crippen LogP) is 1.90. The van der Waals surface area contributed by atoms with Crippen molar-refractivity contribution in [3.63, 3.8) is 0 Å². The fraction of sp³-hybridized carbons (Fsp3) is 0.238. The summed E-state index contributed by atoms with van der Waals surface area (Å²) >= 11 is 3.18. The normalized spacial score (nSPS) is 15.9. The molecule has 1 aromatic carbocycles. The van der Waals surface area contributed by atoms with Crippen molar-refractivity contribution in [1.29, 1.82) is 0 Å². The highest BCUT2D eigenvalue weighted by Crippen LogP contribution is 2.46. The topological polar surface area (TPSA) is 38.4 Å². The molecule has 144 valence electrons. The molecule has 0 saturated carbocycles. The second-order valence-corrected chi connectivity index (χ2v) is 8.56. The van der Waals surface area contributed by atoms with Gasteiger partial charge in [-0.2, -0.15) is 0 Å². The average molecular weight is 413 g/mol. The van der Waals surface area contributed by atoms with E-state index in [1.165, 1.54) is 0 Å². The van der Waals surface area contributed by atoms with Crippen molar-refractivity contribution < 1.29 is 9.30 Å². The van der Waals surface area contributed by atoms with Crippen LogP contribution in [0.2, 0.25) is 0 Å². The number of hydrogen-bond acceptors (Lipinski definition) is 5. The van der Waals surface area contributed by atoms with Gasteiger partial charge in [0.05, 0.1) is 12.8 Å². The molecule has 5 nitrogen and oxygen atoms in total. The van der Waals surface area contributed by atoms with E-state index in [1.54, 1.807) is 30.2 Å². The second kappa shape index (κ2) is 7.48. The van der Waals surface area contributed by atoms with Crippen LogP contribution in [-0.2, 0) is 13.6 Å². The summed E-state index contributed by atoms with van der Waals surface area (Å²) in [5.74, 6) is 0.815. The van der Waals surface area contributed by atoms with Crippen LogP contribution in [0.25, 0.3) is 11.1 Å². The summed E-state index contributed by atoms with van der Waals surface area (Å²) in [7, 11) is 5.68. The van der Waals surface area contributed by atoms with Crippen molar-refractivity contribution in [2.75, 3.05) is 19.1 Å². The zero-order chi connectivity index (χ0) is 19.8. The maximum absolute atomic E-state index is 13.2. The number of benzene rings is 1. The van der Waals surface area contributed by atoms with Gasteiger partial charge in [0.2, 0.25) is 5.69 Å². The number of hydrogen-bond donors (Lipinski definition) is 0. The Morgan fingerprint density at radius 3 is 2.79 bits per heavy atom. The second-order valence-electron chi connectivity index (χ2n) is 6.50. The predicted molar refractivity (Wildman–Crippen MR) is 115 cm³/mol. The third kappa shape index (κ3) is 3.14. The maximum atomic E-state index is 13.2. The first-order valence-electron chi connectivity index (χ1n) is 9.03. The quantitative estimate of drug-likeness (QED) is 0.616. The molecular weight excluding hydrogens is 390 g/mol. The van der Waals surface area contributed by atoms with Gasteiger partial charge in [-0.05, 0) is 25.1 Å². The summed E-state index contributed by atoms with van der Waals surface area (Å²) in [5, 5.41) is 0.970. The van der Waals surface area contributed by atoms with Crippen LogP contribution in [-0.4, -0.2) is 18.7 Å². The van der Waals surface area contributed by atoms with Gasteiger partial charge in [-0.3, -0.25) is 9.36 Å². The third-order valence-corrected chi connectivity index (χ3v) is 7.31. The number of ether oxygens (including phenoxy) is 1. The molecule has 28 heavy (non-hydrogen) atoms. The van der Waals surface area contributed by atoms with E-state index in [2.05, 4.69) is 21.6 Å². The summed E-state index contributed by atoms with van der Waals surface area (Å²) in [6.07, 6.45) is 4.09. The number of thioether (sulfide) groups is 1. The molecule has 7 heteroatoms. The first kappa shape index (κ1) is 18.8. The minimum absolute atomic E-state index is 0.0615. The number of rotatable bonds is 3. The molecule has 0 radical (unpaired) electrons. The van der Waals surface area contributed by atoms with Crippen molar-refractivity contribution in [2.24, 2.45) is 7.05 Å². The summed E-state index contributed by atoms with van der Waals surface area (Å²) < 4.78 is 11.0. The number of thiazole rings is 1. The number of fused-ring (bicyclic) bond motifs is 1. The molecule has 1 aliphatic rings. The van der Waals surface area contributed by atoms with Crippen molar-refractivity contribution in [2.45, 2.75) is 18.4 Å². The molecule has 0 saturated heterocycles. The molecule has 0 bridgehead atoms. The van der Waals surface area contributed by atoms with Crippen LogP contribution in [0.4, 0.5) is 5.69 Å². The summed E-state index contributed by atoms with van der Waals surface area (Å²) in [6, 6.07) is 12.1. The SMILES string of the molecule is CCn1c(=O)/c(=C2/Sc3ccc(OC)cc3N2C)s/c1=C/c1cccc[n+]1C. The molecule has 0 fully saturated rings. The van der Waals surface area contributed by atoms with E-state index < -0.39 is 0 Å². The molecule has 0 aliphatic carbocycles. The van der Waals surface area contributed by atoms with Gasteiger partial charge in [0.25, 0.3) is 5.56 Å². The summed E-state index contributed by atoms with van der Waals surface area (Å²) in [6.45, 7) is 2.65. The number of methoxy groups -OCH3 is 1. The van der Waals surface area contributed by atoms with Crippen LogP contribution in [0.5, 0.6) is 5.75 Å². The molecule has 3 aromatic rings. The van der Waals surface area contributed by atoms with Gasteiger partial charge in [-0.1, -0.05) is 11.8 Å². The third-order valence-electron chi connectivity index (χ3n) is 4.83. The monoisotopic (exact) mass is 412 g/mol. The van der Waals surface area contributed by atoms with Crippen molar-refractivity contribution in [3.05, 3.63) is 67.8 Å². The molecule has 0 amide bonds. The Kier molecular flexibility index (Phi) is 5.03. The van der Waals surface area contributed by atoms with E-state index in [-0.39, 0.29) is 5.56 Å². The highest BCUT2D eigenvalue weighted by atomic mass is 32.2. The van der Waals surface area contributed by atoms with Crippen LogP contribution >= 0.6 is 23.1 Å². The molecule has 0 unspecified atom stereocenters. The molecule has 0 spiro atoms. The first-order valence-corrected chi connectivity index (χ1v) is 10.7. The smallest absolute Gasteiger partial charge is 0.271 e. The number of pyridine rings is 1. The lowest BCUT2D eigenvalue weighted by atomic mass is 10.3. The van der Waals surface area contributed by atoms with Gasteiger partial charge >= 0.3 is 0 Å². The van der Waals surface area contributed by atoms with Crippen LogP contribution in [0, 0.1) is 0 Å². The average Bonchev–Trinajstić information content (AvgIpc) is 3.19. The standard InChI is InChI=1S/C21H22N3O2S2/c1-5-24-18(12-14-8-6-7-11-22(14)2)28-19(20(24)25)21-23(3)16-13-15(26-4)9-10-17(16)27-21/h6-13H,5H2,1-4H3/q+1/b21-19-. The van der Waals surface area contributed by atoms with E-state index in [4.69, 9.17) is 4.74 Å². The highest BCUT2D eigenvalue weighted by molar-refractivity contribution is 8.08. The minimum Gasteiger partial charge on any atom is -0.497 e. The number of aromatic nitrogens is 2. The molecular formula is C21H22N3O2S2+. The van der Waals surface area contributed by atoms with Crippen LogP contribution in [0.1, 0.15) is 12.6 Å². The van der Waals surface area contributed by atoms with Gasteiger partial charge < -0.3 is 9.64 Å². The van der Waals surface area contributed by atoms with Crippen LogP contribution in [0.3, 0.4) is 0 Å². The van der Waals surface area contributed by atoms with E-state index >= 15 is 0 Å². The molecule has 1 aliphatic heterocycles. The molecule has 0 atom stereocenters. The zero-order valence-corrected chi connectivity index (χ0v) is 17.9. The number of aryl methyl sites for hydroxylation is 1. The van der Waals surface area contributed by atoms with Crippen molar-refractivity contribution in [1.82, 2.24) is 4.57 Å². The van der Waals surface area contributed by atoms with Crippen molar-refractivity contribution >= 4 is 39.9 Å². The Morgan fingerprint density at radius 2 is 2.07 bits per heavy atom. The zero-order valence-electron chi connectivity index (χ0n) is 16.3. The first-order chi connectivity index (χ1) is 13.5. The van der Waals surface area contributed by atoms with Crippen LogP contribution < -0.4 is 29.0 Å². The van der Waals surface area contributed by atoms with Gasteiger partial charge in [0.15, 0.2) is 6.20 Å². The van der Waals surface area contributed by atoms with Crippen molar-refractivity contribution in [3.8, 4) is 5.75 Å². The molecule has 0 N–H and O–H groups in total. The van der Waals surface area contributed by atoms with Gasteiger partial charge in [-0.15, -0.1) is 11.3 Å². The van der Waals surface area contributed by atoms with Crippen LogP contribution in [0.15, 0.2) is 52.3 Å². The summed E-state index contributed by atoms with van der Waals surface area (Å²) in [4.78, 5) is 16.4. The molecule has 3 heterocycles. The van der Waals surface area contributed by atoms with E-state index in [0.29, 0.717) is 6.54 Å². The Balaban J connectivity index is 1.92. The largest absolute Gasteiger partial charge is 0.497 e. The molecule has 4 rings (SSSR count). The molecule has 2 aromatic heterocycles. The fourth-order valence-corrected chi connectivity index (χ4v) is 5.68. The highest BCUT2D eigenvalue weighted by Gasteiger charge is 2.25. The maximum Gasteiger partial charge on any atom is 0.271 e. The number of anilines is 1. The lowest BCUT2D eigenvalue weighted by Crippen LogP contribution is -2.34. The minimum atomic E-state index is 0.0615. The van der Waals surface area contributed by atoms with E-state index in [9.17, 15) is 4.79 Å². The lowest BCUT2D eigenvalue weighted by Gasteiger charge is -2.13. The summed E-state index contributed by atoms with van der Waals surface area (Å²) in [5.41, 5.74) is 2.18. The Hall–Kier alpha value is -2.51. The van der Waals surface area contributed by atoms with E-state index in [1.807, 2.05) is 62.1 Å². The van der Waals surface area contributed by atoms with E-state index in [0.717, 1.165) is 36.3 Å². The fourth-order valence-electron chi connectivity index (χ4n) is 3.23. The van der Waals surface area contributed by atoms with Gasteiger partial charge in [0, 0.05) is 42.8 Å². The van der Waals surface area contributed by atoms with Gasteiger partial charge in [0.1, 0.15) is 27.0 Å². The lowest BCUT2D eigenvalue weighted by molar-refractivity contribution is -0.673. The van der Waals surface area contributed by atoms with Gasteiger partial charge in [-0.25, -0.2) is 4.57 Å². The Morgan fingerprint density at radius 1 is 1.25 bits per heavy atom. The Labute approximate surface area is 171 Å². The number of nitrogens with zero attached hydrogens (tertiary/aromatic N) is 3. The Bertz CT molecular complexity index is 1230.